The molecule has 24 heavy (non-hydrogen) atoms. The molecule has 0 saturated carbocycles. The highest BCUT2D eigenvalue weighted by Crippen LogP contribution is 2.27. The summed E-state index contributed by atoms with van der Waals surface area (Å²) in [7, 11) is 0. The summed E-state index contributed by atoms with van der Waals surface area (Å²) in [5.41, 5.74) is 0.769. The lowest BCUT2D eigenvalue weighted by atomic mass is 10.1. The van der Waals surface area contributed by atoms with Gasteiger partial charge < -0.3 is 14.8 Å². The zero-order chi connectivity index (χ0) is 16.7. The van der Waals surface area contributed by atoms with E-state index in [4.69, 9.17) is 0 Å². The molecular formula is C16H18N6O2. The Morgan fingerprint density at radius 2 is 2.21 bits per heavy atom. The normalized spacial score (nSPS) is 23.0. The van der Waals surface area contributed by atoms with Crippen LogP contribution in [-0.4, -0.2) is 49.0 Å². The minimum Gasteiger partial charge on any atom is -0.344 e. The van der Waals surface area contributed by atoms with E-state index >= 15 is 0 Å². The average Bonchev–Trinajstić information content (AvgIpc) is 3.21. The Kier molecular flexibility index (Phi) is 3.51. The maximum atomic E-state index is 12.6. The molecule has 0 bridgehead atoms. The van der Waals surface area contributed by atoms with E-state index in [0.29, 0.717) is 25.9 Å². The summed E-state index contributed by atoms with van der Waals surface area (Å²) < 4.78 is 2.04. The molecule has 124 valence electrons. The highest BCUT2D eigenvalue weighted by atomic mass is 16.2. The first kappa shape index (κ1) is 14.8. The van der Waals surface area contributed by atoms with Crippen molar-refractivity contribution in [2.24, 2.45) is 0 Å². The predicted molar refractivity (Wildman–Crippen MR) is 84.5 cm³/mol. The number of hydrogen-bond acceptors (Lipinski definition) is 5. The molecule has 0 radical (unpaired) electrons. The van der Waals surface area contributed by atoms with Gasteiger partial charge in [-0.05, 0) is 25.5 Å². The molecule has 2 amide bonds. The molecule has 0 aromatic carbocycles. The number of pyridine rings is 1. The van der Waals surface area contributed by atoms with Crippen LogP contribution in [0.1, 0.15) is 31.6 Å². The van der Waals surface area contributed by atoms with E-state index in [9.17, 15) is 9.59 Å². The van der Waals surface area contributed by atoms with E-state index in [0.717, 1.165) is 17.3 Å². The largest absolute Gasteiger partial charge is 0.344 e. The standard InChI is InChI=1S/C16H18N6O2/c1-10-8-21(16(24)12-5-6-14(23)18-12)9-13-19-20-15(22(10)13)11-4-2-3-7-17-11/h2-4,7,10,12H,5-6,8-9H2,1H3,(H,18,23)/t10-,12-/m0/s1. The van der Waals surface area contributed by atoms with E-state index < -0.39 is 6.04 Å². The van der Waals surface area contributed by atoms with Gasteiger partial charge in [0, 0.05) is 19.2 Å². The van der Waals surface area contributed by atoms with E-state index in [1.807, 2.05) is 29.7 Å². The molecule has 2 aromatic heterocycles. The van der Waals surface area contributed by atoms with Crippen LogP contribution in [0.25, 0.3) is 11.5 Å². The summed E-state index contributed by atoms with van der Waals surface area (Å²) in [5.74, 6) is 1.37. The molecule has 1 N–H and O–H groups in total. The van der Waals surface area contributed by atoms with Crippen LogP contribution in [0.3, 0.4) is 0 Å². The van der Waals surface area contributed by atoms with Gasteiger partial charge in [0.15, 0.2) is 11.6 Å². The number of hydrogen-bond donors (Lipinski definition) is 1. The maximum absolute atomic E-state index is 12.6. The van der Waals surface area contributed by atoms with Gasteiger partial charge in [0.1, 0.15) is 11.7 Å². The number of carbonyl (C=O) groups is 2. The first-order valence-corrected chi connectivity index (χ1v) is 8.07. The van der Waals surface area contributed by atoms with Crippen LogP contribution in [0.2, 0.25) is 0 Å². The first-order chi connectivity index (χ1) is 11.6. The second-order valence-electron chi connectivity index (χ2n) is 6.25. The van der Waals surface area contributed by atoms with Gasteiger partial charge in [-0.2, -0.15) is 0 Å². The number of fused-ring (bicyclic) bond motifs is 1. The molecule has 0 aliphatic carbocycles. The molecule has 2 aromatic rings. The lowest BCUT2D eigenvalue weighted by molar-refractivity contribution is -0.136. The number of aromatic nitrogens is 4. The number of rotatable bonds is 2. The third-order valence-corrected chi connectivity index (χ3v) is 4.52. The number of nitrogens with zero attached hydrogens (tertiary/aromatic N) is 5. The van der Waals surface area contributed by atoms with Crippen LogP contribution < -0.4 is 5.32 Å². The van der Waals surface area contributed by atoms with Gasteiger partial charge in [-0.25, -0.2) is 0 Å². The van der Waals surface area contributed by atoms with Crippen molar-refractivity contribution < 1.29 is 9.59 Å². The summed E-state index contributed by atoms with van der Waals surface area (Å²) in [4.78, 5) is 30.1. The molecule has 1 saturated heterocycles. The fourth-order valence-corrected chi connectivity index (χ4v) is 3.39. The highest BCUT2D eigenvalue weighted by Gasteiger charge is 2.35. The second-order valence-corrected chi connectivity index (χ2v) is 6.25. The van der Waals surface area contributed by atoms with Crippen molar-refractivity contribution in [1.82, 2.24) is 30.0 Å². The summed E-state index contributed by atoms with van der Waals surface area (Å²) in [6.45, 7) is 3.00. The zero-order valence-electron chi connectivity index (χ0n) is 13.3. The minimum atomic E-state index is -0.408. The summed E-state index contributed by atoms with van der Waals surface area (Å²) in [6, 6.07) is 5.30. The van der Waals surface area contributed by atoms with Crippen LogP contribution in [0, 0.1) is 0 Å². The summed E-state index contributed by atoms with van der Waals surface area (Å²) >= 11 is 0. The molecule has 8 heteroatoms. The van der Waals surface area contributed by atoms with Crippen molar-refractivity contribution in [2.45, 2.75) is 38.4 Å². The molecule has 0 spiro atoms. The summed E-state index contributed by atoms with van der Waals surface area (Å²) in [6.07, 6.45) is 2.71. The van der Waals surface area contributed by atoms with Gasteiger partial charge in [-0.3, -0.25) is 14.6 Å². The van der Waals surface area contributed by atoms with Gasteiger partial charge in [-0.15, -0.1) is 10.2 Å². The Bertz CT molecular complexity index is 787. The van der Waals surface area contributed by atoms with Crippen LogP contribution in [0.15, 0.2) is 24.4 Å². The molecular weight excluding hydrogens is 308 g/mol. The number of carbonyl (C=O) groups excluding carboxylic acids is 2. The zero-order valence-corrected chi connectivity index (χ0v) is 13.3. The molecule has 2 aliphatic rings. The Balaban J connectivity index is 1.59. The molecule has 4 rings (SSSR count). The van der Waals surface area contributed by atoms with Gasteiger partial charge in [-0.1, -0.05) is 6.07 Å². The SMILES string of the molecule is C[C@H]1CN(C(=O)[C@@H]2CCC(=O)N2)Cc2nnc(-c3ccccn3)n21. The molecule has 0 unspecified atom stereocenters. The Morgan fingerprint density at radius 1 is 1.33 bits per heavy atom. The minimum absolute atomic E-state index is 0.0404. The highest BCUT2D eigenvalue weighted by molar-refractivity contribution is 5.90. The maximum Gasteiger partial charge on any atom is 0.245 e. The number of amides is 2. The van der Waals surface area contributed by atoms with E-state index in [1.54, 1.807) is 11.1 Å². The first-order valence-electron chi connectivity index (χ1n) is 8.07. The van der Waals surface area contributed by atoms with Crippen LogP contribution in [-0.2, 0) is 16.1 Å². The van der Waals surface area contributed by atoms with Gasteiger partial charge >= 0.3 is 0 Å². The number of nitrogens with one attached hydrogen (secondary N) is 1. The van der Waals surface area contributed by atoms with Gasteiger partial charge in [0.2, 0.25) is 11.8 Å². The van der Waals surface area contributed by atoms with Crippen molar-refractivity contribution in [3.8, 4) is 11.5 Å². The molecule has 2 atom stereocenters. The second kappa shape index (κ2) is 5.70. The van der Waals surface area contributed by atoms with E-state index in [1.165, 1.54) is 0 Å². The van der Waals surface area contributed by atoms with Gasteiger partial charge in [0.05, 0.1) is 12.6 Å². The monoisotopic (exact) mass is 326 g/mol. The third-order valence-electron chi connectivity index (χ3n) is 4.52. The quantitative estimate of drug-likeness (QED) is 0.868. The fraction of sp³-hybridized carbons (Fsp3) is 0.438. The molecule has 2 aliphatic heterocycles. The smallest absolute Gasteiger partial charge is 0.245 e. The molecule has 1 fully saturated rings. The Labute approximate surface area is 138 Å². The van der Waals surface area contributed by atoms with Crippen molar-refractivity contribution in [1.29, 1.82) is 0 Å². The van der Waals surface area contributed by atoms with E-state index in [-0.39, 0.29) is 17.9 Å². The lowest BCUT2D eigenvalue weighted by Crippen LogP contribution is -2.48. The predicted octanol–water partition coefficient (Wildman–Crippen LogP) is 0.522. The van der Waals surface area contributed by atoms with Crippen molar-refractivity contribution in [3.63, 3.8) is 0 Å². The lowest BCUT2D eigenvalue weighted by Gasteiger charge is -2.33. The molecule has 8 nitrogen and oxygen atoms in total. The third kappa shape index (κ3) is 2.44. The van der Waals surface area contributed by atoms with Crippen LogP contribution in [0.4, 0.5) is 0 Å². The molecule has 4 heterocycles. The van der Waals surface area contributed by atoms with Gasteiger partial charge in [0.25, 0.3) is 0 Å². The van der Waals surface area contributed by atoms with Crippen molar-refractivity contribution in [3.05, 3.63) is 30.2 Å². The van der Waals surface area contributed by atoms with Crippen LogP contribution >= 0.6 is 0 Å². The van der Waals surface area contributed by atoms with E-state index in [2.05, 4.69) is 20.5 Å². The van der Waals surface area contributed by atoms with Crippen molar-refractivity contribution in [2.75, 3.05) is 6.54 Å². The van der Waals surface area contributed by atoms with Crippen LogP contribution in [0.5, 0.6) is 0 Å². The summed E-state index contributed by atoms with van der Waals surface area (Å²) in [5, 5.41) is 11.3. The Hall–Kier alpha value is -2.77. The fourth-order valence-electron chi connectivity index (χ4n) is 3.39. The topological polar surface area (TPSA) is 93.0 Å². The average molecular weight is 326 g/mol. The van der Waals surface area contributed by atoms with Crippen molar-refractivity contribution >= 4 is 11.8 Å². The Morgan fingerprint density at radius 3 is 2.92 bits per heavy atom.